The zero-order valence-electron chi connectivity index (χ0n) is 18.4. The van der Waals surface area contributed by atoms with Gasteiger partial charge >= 0.3 is 13.2 Å². The summed E-state index contributed by atoms with van der Waals surface area (Å²) in [6.45, 7) is 7.87. The smallest absolute Gasteiger partial charge is 0.445 e. The fourth-order valence-electron chi connectivity index (χ4n) is 3.02. The molecule has 1 aliphatic rings. The molecule has 1 heterocycles. The van der Waals surface area contributed by atoms with E-state index in [1.54, 1.807) is 6.08 Å². The van der Waals surface area contributed by atoms with Gasteiger partial charge in [-0.05, 0) is 50.9 Å². The van der Waals surface area contributed by atoms with Crippen LogP contribution in [0.15, 0.2) is 47.9 Å². The summed E-state index contributed by atoms with van der Waals surface area (Å²) in [5.41, 5.74) is 0.630. The summed E-state index contributed by atoms with van der Waals surface area (Å²) in [5, 5.41) is 2.98. The molecule has 0 saturated carbocycles. The fourth-order valence-corrected chi connectivity index (χ4v) is 3.59. The number of carbonyl (C=O) groups is 1. The largest absolute Gasteiger partial charge is 0.492 e. The lowest BCUT2D eigenvalue weighted by Crippen LogP contribution is -2.41. The van der Waals surface area contributed by atoms with Crippen molar-refractivity contribution in [3.8, 4) is 0 Å². The first-order valence-electron chi connectivity index (χ1n) is 10.1. The second-order valence-electron chi connectivity index (χ2n) is 8.51. The number of hydrogen-bond donors (Lipinski definition) is 1. The molecular weight excluding hydrogens is 455 g/mol. The van der Waals surface area contributed by atoms with Crippen molar-refractivity contribution >= 4 is 42.5 Å². The number of nitrogens with one attached hydrogen (secondary N) is 1. The molecule has 3 rings (SSSR count). The second kappa shape index (κ2) is 9.83. The van der Waals surface area contributed by atoms with Gasteiger partial charge in [-0.3, -0.25) is 0 Å². The maximum Gasteiger partial charge on any atom is 0.492 e. The number of halogens is 3. The minimum atomic E-state index is -0.772. The van der Waals surface area contributed by atoms with Crippen LogP contribution in [-0.4, -0.2) is 31.0 Å². The van der Waals surface area contributed by atoms with Gasteiger partial charge in [0, 0.05) is 12.1 Å². The lowest BCUT2D eigenvalue weighted by Gasteiger charge is -2.32. The normalized spacial score (nSPS) is 17.3. The Balaban J connectivity index is 1.79. The molecule has 2 aromatic carbocycles. The van der Waals surface area contributed by atoms with Gasteiger partial charge in [0.15, 0.2) is 0 Å². The molecule has 5 nitrogen and oxygen atoms in total. The van der Waals surface area contributed by atoms with Crippen LogP contribution in [0.2, 0.25) is 10.0 Å². The summed E-state index contributed by atoms with van der Waals surface area (Å²) in [7, 11) is -0.772. The monoisotopic (exact) mass is 479 g/mol. The van der Waals surface area contributed by atoms with Gasteiger partial charge in [-0.25, -0.2) is 9.18 Å². The first-order valence-corrected chi connectivity index (χ1v) is 10.9. The number of benzene rings is 2. The minimum Gasteiger partial charge on any atom is -0.445 e. The van der Waals surface area contributed by atoms with Crippen LogP contribution >= 0.6 is 23.2 Å². The van der Waals surface area contributed by atoms with Crippen molar-refractivity contribution in [1.82, 2.24) is 5.32 Å². The summed E-state index contributed by atoms with van der Waals surface area (Å²) in [5.74, 6) is -0.544. The third-order valence-electron chi connectivity index (χ3n) is 5.58. The van der Waals surface area contributed by atoms with Crippen LogP contribution in [0.25, 0.3) is 6.08 Å². The molecule has 2 aromatic rings. The molecule has 1 saturated heterocycles. The Bertz CT molecular complexity index is 975. The quantitative estimate of drug-likeness (QED) is 0.510. The van der Waals surface area contributed by atoms with Crippen molar-refractivity contribution in [2.24, 2.45) is 0 Å². The van der Waals surface area contributed by atoms with Crippen molar-refractivity contribution in [3.63, 3.8) is 0 Å². The van der Waals surface area contributed by atoms with Crippen LogP contribution in [0, 0.1) is 5.82 Å². The lowest BCUT2D eigenvalue weighted by molar-refractivity contribution is 0.00578. The Morgan fingerprint density at radius 2 is 1.66 bits per heavy atom. The average Bonchev–Trinajstić information content (AvgIpc) is 2.93. The summed E-state index contributed by atoms with van der Waals surface area (Å²) >= 11 is 12.4. The molecule has 0 unspecified atom stereocenters. The predicted molar refractivity (Wildman–Crippen MR) is 125 cm³/mol. The van der Waals surface area contributed by atoms with E-state index in [2.05, 4.69) is 5.32 Å². The maximum atomic E-state index is 13.6. The predicted octanol–water partition coefficient (Wildman–Crippen LogP) is 6.07. The zero-order chi connectivity index (χ0) is 23.5. The van der Waals surface area contributed by atoms with Crippen LogP contribution in [-0.2, 0) is 20.7 Å². The van der Waals surface area contributed by atoms with Crippen molar-refractivity contribution in [2.45, 2.75) is 45.5 Å². The van der Waals surface area contributed by atoms with Crippen LogP contribution in [0.3, 0.4) is 0 Å². The molecule has 0 spiro atoms. The second-order valence-corrected chi connectivity index (χ2v) is 9.32. The molecule has 0 radical (unpaired) electrons. The van der Waals surface area contributed by atoms with Gasteiger partial charge in [-0.1, -0.05) is 59.6 Å². The third kappa shape index (κ3) is 5.84. The highest BCUT2D eigenvalue weighted by atomic mass is 35.5. The number of amides is 1. The third-order valence-corrected chi connectivity index (χ3v) is 6.20. The molecule has 1 aliphatic heterocycles. The van der Waals surface area contributed by atoms with Gasteiger partial charge in [0.1, 0.15) is 12.4 Å². The first-order chi connectivity index (χ1) is 15.0. The van der Waals surface area contributed by atoms with E-state index in [0.29, 0.717) is 11.0 Å². The highest BCUT2D eigenvalue weighted by Crippen LogP contribution is 2.39. The molecule has 0 bridgehead atoms. The Morgan fingerprint density at radius 1 is 1.09 bits per heavy atom. The topological polar surface area (TPSA) is 56.8 Å². The molecule has 170 valence electrons. The van der Waals surface area contributed by atoms with Gasteiger partial charge in [0.2, 0.25) is 0 Å². The van der Waals surface area contributed by atoms with Crippen LogP contribution in [0.4, 0.5) is 9.18 Å². The van der Waals surface area contributed by atoms with Crippen LogP contribution < -0.4 is 5.32 Å². The Labute approximate surface area is 198 Å². The van der Waals surface area contributed by atoms with E-state index >= 15 is 0 Å². The van der Waals surface area contributed by atoms with E-state index in [-0.39, 0.29) is 23.2 Å². The zero-order valence-corrected chi connectivity index (χ0v) is 19.9. The standard InChI is InChI=1S/C23H25BCl2FNO4/c1-22(2)23(3,4)32-24(31-22)16(10-18-19(25)11-17(27)12-20(18)26)13-28-21(29)30-14-15-8-6-5-7-9-15/h5-12H,13-14H2,1-4H3,(H,28,29). The number of carbonyl (C=O) groups excluding carboxylic acids is 1. The molecular formula is C23H25BCl2FNO4. The Kier molecular flexibility index (Phi) is 7.55. The van der Waals surface area contributed by atoms with Crippen molar-refractivity contribution in [2.75, 3.05) is 6.54 Å². The Hall–Kier alpha value is -2.06. The van der Waals surface area contributed by atoms with Gasteiger partial charge in [0.05, 0.1) is 21.2 Å². The van der Waals surface area contributed by atoms with E-state index in [9.17, 15) is 9.18 Å². The maximum absolute atomic E-state index is 13.6. The van der Waals surface area contributed by atoms with Crippen LogP contribution in [0.5, 0.6) is 0 Å². The van der Waals surface area contributed by atoms with Gasteiger partial charge in [0.25, 0.3) is 0 Å². The molecule has 0 aliphatic carbocycles. The number of alkyl carbamates (subject to hydrolysis) is 1. The SMILES string of the molecule is CC1(C)OB(C(=Cc2c(Cl)cc(F)cc2Cl)CNC(=O)OCc2ccccc2)OC1(C)C. The van der Waals surface area contributed by atoms with Gasteiger partial charge in [-0.2, -0.15) is 0 Å². The fraction of sp³-hybridized carbons (Fsp3) is 0.348. The van der Waals surface area contributed by atoms with Crippen molar-refractivity contribution in [1.29, 1.82) is 0 Å². The van der Waals surface area contributed by atoms with E-state index in [4.69, 9.17) is 37.2 Å². The van der Waals surface area contributed by atoms with Crippen molar-refractivity contribution < 1.29 is 23.2 Å². The summed E-state index contributed by atoms with van der Waals surface area (Å²) in [6.07, 6.45) is 1.04. The van der Waals surface area contributed by atoms with Gasteiger partial charge in [-0.15, -0.1) is 0 Å². The molecule has 0 aromatic heterocycles. The number of rotatable bonds is 6. The molecule has 0 atom stereocenters. The molecule has 1 fully saturated rings. The van der Waals surface area contributed by atoms with Crippen LogP contribution in [0.1, 0.15) is 38.8 Å². The van der Waals surface area contributed by atoms with E-state index in [1.165, 1.54) is 12.1 Å². The van der Waals surface area contributed by atoms with Gasteiger partial charge < -0.3 is 19.4 Å². The Morgan fingerprint density at radius 3 is 2.22 bits per heavy atom. The van der Waals surface area contributed by atoms with E-state index in [0.717, 1.165) is 5.56 Å². The highest BCUT2D eigenvalue weighted by molar-refractivity contribution is 6.56. The molecule has 1 amide bonds. The summed E-state index contributed by atoms with van der Waals surface area (Å²) in [4.78, 5) is 12.3. The molecule has 32 heavy (non-hydrogen) atoms. The minimum absolute atomic E-state index is 0.0501. The van der Waals surface area contributed by atoms with E-state index in [1.807, 2.05) is 58.0 Å². The van der Waals surface area contributed by atoms with E-state index < -0.39 is 30.2 Å². The lowest BCUT2D eigenvalue weighted by atomic mass is 9.77. The first kappa shape index (κ1) is 24.6. The van der Waals surface area contributed by atoms with Crippen molar-refractivity contribution in [3.05, 3.63) is 74.9 Å². The summed E-state index contributed by atoms with van der Waals surface area (Å²) in [6, 6.07) is 11.7. The molecule has 1 N–H and O–H groups in total. The number of ether oxygens (including phenoxy) is 1. The summed E-state index contributed by atoms with van der Waals surface area (Å²) < 4.78 is 31.1. The molecule has 9 heteroatoms. The highest BCUT2D eigenvalue weighted by Gasteiger charge is 2.52. The number of hydrogen-bond acceptors (Lipinski definition) is 4. The average molecular weight is 480 g/mol.